The van der Waals surface area contributed by atoms with Crippen molar-refractivity contribution in [3.63, 3.8) is 0 Å². The van der Waals surface area contributed by atoms with Crippen molar-refractivity contribution >= 4 is 21.6 Å². The maximum absolute atomic E-state index is 13.9. The van der Waals surface area contributed by atoms with E-state index in [0.717, 1.165) is 19.3 Å². The summed E-state index contributed by atoms with van der Waals surface area (Å²) in [6.07, 6.45) is 4.06. The van der Waals surface area contributed by atoms with E-state index in [1.54, 1.807) is 12.1 Å². The number of nitrogens with one attached hydrogen (secondary N) is 1. The molecule has 40 heavy (non-hydrogen) atoms. The molecule has 1 N–H and O–H groups in total. The van der Waals surface area contributed by atoms with Crippen LogP contribution in [-0.4, -0.2) is 68.0 Å². The highest BCUT2D eigenvalue weighted by Crippen LogP contribution is 2.39. The van der Waals surface area contributed by atoms with Crippen LogP contribution in [0.25, 0.3) is 0 Å². The number of halogens is 2. The Morgan fingerprint density at radius 3 is 2.40 bits per heavy atom. The molecular weight excluding hydrogens is 544 g/mol. The van der Waals surface area contributed by atoms with Crippen molar-refractivity contribution < 1.29 is 36.2 Å². The number of anilines is 1. The highest BCUT2D eigenvalue weighted by atomic mass is 32.2. The Morgan fingerprint density at radius 2 is 1.77 bits per heavy atom. The van der Waals surface area contributed by atoms with Crippen LogP contribution in [0.1, 0.15) is 62.8 Å². The average molecular weight is 580 g/mol. The van der Waals surface area contributed by atoms with Crippen LogP contribution < -0.4 is 10.1 Å². The number of ether oxygens (including phenoxy) is 3. The number of hydrogen-bond donors (Lipinski definition) is 1. The van der Waals surface area contributed by atoms with Gasteiger partial charge in [-0.15, -0.1) is 0 Å². The van der Waals surface area contributed by atoms with Gasteiger partial charge in [0.25, 0.3) is 0 Å². The molecule has 1 aliphatic heterocycles. The summed E-state index contributed by atoms with van der Waals surface area (Å²) in [4.78, 5) is 22.0. The summed E-state index contributed by atoms with van der Waals surface area (Å²) in [6, 6.07) is 6.22. The fourth-order valence-electron chi connectivity index (χ4n) is 5.25. The number of benzene rings is 1. The molecule has 5 rings (SSSR count). The minimum Gasteiger partial charge on any atom is -0.474 e. The van der Waals surface area contributed by atoms with Gasteiger partial charge in [-0.3, -0.25) is 4.79 Å². The molecule has 1 aromatic carbocycles. The Morgan fingerprint density at radius 1 is 1.02 bits per heavy atom. The van der Waals surface area contributed by atoms with E-state index < -0.39 is 34.0 Å². The molecule has 2 heterocycles. The second kappa shape index (κ2) is 12.9. The molecule has 218 valence electrons. The third-order valence-electron chi connectivity index (χ3n) is 7.62. The number of alkyl halides is 2. The van der Waals surface area contributed by atoms with E-state index >= 15 is 0 Å². The summed E-state index contributed by atoms with van der Waals surface area (Å²) in [7, 11) is -3.38. The van der Waals surface area contributed by atoms with Crippen LogP contribution >= 0.6 is 0 Å². The Kier molecular flexibility index (Phi) is 9.27. The van der Waals surface area contributed by atoms with Gasteiger partial charge in [0.1, 0.15) is 19.0 Å². The molecule has 3 aliphatic rings. The second-order valence-electron chi connectivity index (χ2n) is 10.7. The van der Waals surface area contributed by atoms with Crippen molar-refractivity contribution in [3.8, 4) is 5.88 Å². The largest absolute Gasteiger partial charge is 0.474 e. The third kappa shape index (κ3) is 7.32. The van der Waals surface area contributed by atoms with Crippen molar-refractivity contribution in [1.29, 1.82) is 0 Å². The maximum atomic E-state index is 13.9. The van der Waals surface area contributed by atoms with E-state index in [9.17, 15) is 22.0 Å². The first-order chi connectivity index (χ1) is 19.3. The smallest absolute Gasteiger partial charge is 0.233 e. The lowest BCUT2D eigenvalue weighted by atomic mass is 9.87. The normalized spacial score (nSPS) is 25.9. The molecule has 0 radical (unpaired) electrons. The summed E-state index contributed by atoms with van der Waals surface area (Å²) < 4.78 is 69.6. The van der Waals surface area contributed by atoms with E-state index in [1.807, 2.05) is 0 Å². The first-order valence-electron chi connectivity index (χ1n) is 13.9. The van der Waals surface area contributed by atoms with Crippen LogP contribution in [0.3, 0.4) is 0 Å². The topological polar surface area (TPSA) is 117 Å². The molecular formula is C28H35F2N3O6S. The molecule has 9 nitrogen and oxygen atoms in total. The van der Waals surface area contributed by atoms with Gasteiger partial charge in [0, 0.05) is 6.61 Å². The average Bonchev–Trinajstić information content (AvgIpc) is 3.77. The third-order valence-corrected chi connectivity index (χ3v) is 9.90. The summed E-state index contributed by atoms with van der Waals surface area (Å²) in [5.41, 5.74) is 0.569. The molecule has 2 unspecified atom stereocenters. The predicted octanol–water partition coefficient (Wildman–Crippen LogP) is 4.53. The molecule has 12 heteroatoms. The lowest BCUT2D eigenvalue weighted by Gasteiger charge is -2.22. The van der Waals surface area contributed by atoms with Gasteiger partial charge in [-0.05, 0) is 75.0 Å². The number of nitrogens with zero attached hydrogens (tertiary/aromatic N) is 2. The molecule has 5 atom stereocenters. The molecule has 1 aromatic heterocycles. The molecule has 0 bridgehead atoms. The molecule has 1 amide bonds. The Balaban J connectivity index is 1.20. The predicted molar refractivity (Wildman–Crippen MR) is 142 cm³/mol. The van der Waals surface area contributed by atoms with Gasteiger partial charge in [-0.2, -0.15) is 0 Å². The van der Waals surface area contributed by atoms with Crippen molar-refractivity contribution in [1.82, 2.24) is 9.97 Å². The van der Waals surface area contributed by atoms with E-state index in [0.29, 0.717) is 31.6 Å². The van der Waals surface area contributed by atoms with Crippen LogP contribution in [0, 0.1) is 5.92 Å². The van der Waals surface area contributed by atoms with Gasteiger partial charge < -0.3 is 19.5 Å². The fraction of sp³-hybridized carbons (Fsp3) is 0.607. The number of amides is 1. The quantitative estimate of drug-likeness (QED) is 0.365. The molecule has 2 aromatic rings. The highest BCUT2D eigenvalue weighted by molar-refractivity contribution is 7.92. The minimum atomic E-state index is -3.38. The lowest BCUT2D eigenvalue weighted by Crippen LogP contribution is -2.24. The van der Waals surface area contributed by atoms with Gasteiger partial charge >= 0.3 is 0 Å². The van der Waals surface area contributed by atoms with E-state index in [1.165, 1.54) is 24.5 Å². The Bertz CT molecular complexity index is 1230. The second-order valence-corrected chi connectivity index (χ2v) is 12.9. The summed E-state index contributed by atoms with van der Waals surface area (Å²) in [5.74, 6) is -1.03. The van der Waals surface area contributed by atoms with Crippen molar-refractivity contribution in [2.45, 2.75) is 86.1 Å². The number of carbonyl (C=O) groups excluding carboxylic acids is 1. The Labute approximate surface area is 232 Å². The summed E-state index contributed by atoms with van der Waals surface area (Å²) in [6.45, 7) is 1.31. The number of aromatic nitrogens is 2. The highest BCUT2D eigenvalue weighted by Gasteiger charge is 2.38. The summed E-state index contributed by atoms with van der Waals surface area (Å²) in [5, 5.41) is 2.39. The van der Waals surface area contributed by atoms with Gasteiger partial charge in [0.15, 0.2) is 21.9 Å². The number of hydrogen-bond acceptors (Lipinski definition) is 8. The molecule has 2 saturated carbocycles. The lowest BCUT2D eigenvalue weighted by molar-refractivity contribution is -0.165. The van der Waals surface area contributed by atoms with Crippen LogP contribution in [-0.2, 0) is 24.1 Å². The standard InChI is InChI=1S/C28H35F2N3O6S/c29-23-14-18(15-24(23)30)13-22(19-4-6-20(7-5-19)40(35,36)21-8-9-21)28(34)33-25-16-32-26(17-31-25)37-11-12-39-27-3-1-2-10-38-27/h4-7,16-18,21-24,27H,1-3,8-15H2,(H,31,33,34)/t18?,22?,23-,24+,27-/m1/s1. The zero-order chi connectivity index (χ0) is 28.1. The first kappa shape index (κ1) is 28.8. The molecule has 2 aliphatic carbocycles. The van der Waals surface area contributed by atoms with E-state index in [4.69, 9.17) is 14.2 Å². The number of rotatable bonds is 12. The number of carbonyl (C=O) groups is 1. The van der Waals surface area contributed by atoms with Crippen LogP contribution in [0.2, 0.25) is 0 Å². The minimum absolute atomic E-state index is 0.0432. The van der Waals surface area contributed by atoms with E-state index in [-0.39, 0.29) is 59.9 Å². The van der Waals surface area contributed by atoms with Crippen molar-refractivity contribution in [2.75, 3.05) is 25.1 Å². The maximum Gasteiger partial charge on any atom is 0.233 e. The monoisotopic (exact) mass is 579 g/mol. The van der Waals surface area contributed by atoms with Gasteiger partial charge in [-0.1, -0.05) is 12.1 Å². The zero-order valence-electron chi connectivity index (χ0n) is 22.2. The first-order valence-corrected chi connectivity index (χ1v) is 15.4. The SMILES string of the molecule is O=C(Nc1cnc(OCCO[C@@H]2CCCCO2)cn1)C(CC1C[C@@H](F)[C@@H](F)C1)c1ccc(S(=O)(=O)C2CC2)cc1. The van der Waals surface area contributed by atoms with Gasteiger partial charge in [0.05, 0.1) is 35.1 Å². The Hall–Kier alpha value is -2.70. The van der Waals surface area contributed by atoms with Gasteiger partial charge in [0.2, 0.25) is 11.8 Å². The number of sulfone groups is 1. The zero-order valence-corrected chi connectivity index (χ0v) is 23.0. The van der Waals surface area contributed by atoms with Crippen LogP contribution in [0.4, 0.5) is 14.6 Å². The van der Waals surface area contributed by atoms with Crippen molar-refractivity contribution in [2.24, 2.45) is 5.92 Å². The van der Waals surface area contributed by atoms with Crippen LogP contribution in [0.5, 0.6) is 5.88 Å². The summed E-state index contributed by atoms with van der Waals surface area (Å²) >= 11 is 0. The molecule has 0 spiro atoms. The van der Waals surface area contributed by atoms with Gasteiger partial charge in [-0.25, -0.2) is 27.2 Å². The molecule has 3 fully saturated rings. The van der Waals surface area contributed by atoms with Crippen molar-refractivity contribution in [3.05, 3.63) is 42.2 Å². The molecule has 1 saturated heterocycles. The van der Waals surface area contributed by atoms with E-state index in [2.05, 4.69) is 15.3 Å². The fourth-order valence-corrected chi connectivity index (χ4v) is 6.90. The van der Waals surface area contributed by atoms with Crippen LogP contribution in [0.15, 0.2) is 41.6 Å².